The fourth-order valence-electron chi connectivity index (χ4n) is 3.25. The zero-order valence-corrected chi connectivity index (χ0v) is 12.1. The maximum Gasteiger partial charge on any atom is 0.150 e. The lowest BCUT2D eigenvalue weighted by atomic mass is 9.85. The molecule has 2 unspecified atom stereocenters. The van der Waals surface area contributed by atoms with Gasteiger partial charge in [-0.3, -0.25) is 0 Å². The van der Waals surface area contributed by atoms with E-state index in [1.807, 2.05) is 0 Å². The van der Waals surface area contributed by atoms with Crippen molar-refractivity contribution in [2.45, 2.75) is 38.5 Å². The van der Waals surface area contributed by atoms with E-state index in [9.17, 15) is 8.42 Å². The van der Waals surface area contributed by atoms with Crippen molar-refractivity contribution >= 4 is 25.8 Å². The van der Waals surface area contributed by atoms with E-state index in [-0.39, 0.29) is 0 Å². The number of rotatable bonds is 4. The Labute approximate surface area is 107 Å². The van der Waals surface area contributed by atoms with Crippen LogP contribution < -0.4 is 0 Å². The molecule has 16 heavy (non-hydrogen) atoms. The zero-order valence-electron chi connectivity index (χ0n) is 9.70. The molecule has 0 aromatic heterocycles. The van der Waals surface area contributed by atoms with Gasteiger partial charge in [0.15, 0.2) is 9.84 Å². The molecule has 0 aromatic carbocycles. The standard InChI is InChI=1S/C12H21BrO2S/c13-8-12(7-10-3-1-2-4-10)11-5-6-16(14,15)9-11/h10-12H,1-9H2. The maximum atomic E-state index is 11.5. The predicted octanol–water partition coefficient (Wildman–Crippen LogP) is 3.01. The minimum absolute atomic E-state index is 0.421. The molecule has 0 amide bonds. The summed E-state index contributed by atoms with van der Waals surface area (Å²) in [6.45, 7) is 0. The zero-order chi connectivity index (χ0) is 11.6. The summed E-state index contributed by atoms with van der Waals surface area (Å²) in [5.41, 5.74) is 0. The number of halogens is 1. The van der Waals surface area contributed by atoms with Crippen LogP contribution in [-0.4, -0.2) is 25.3 Å². The van der Waals surface area contributed by atoms with Gasteiger partial charge in [0, 0.05) is 5.33 Å². The highest BCUT2D eigenvalue weighted by Gasteiger charge is 2.34. The van der Waals surface area contributed by atoms with E-state index in [1.54, 1.807) is 0 Å². The van der Waals surface area contributed by atoms with Crippen molar-refractivity contribution in [3.63, 3.8) is 0 Å². The summed E-state index contributed by atoms with van der Waals surface area (Å²) in [7, 11) is -2.71. The Morgan fingerprint density at radius 3 is 2.38 bits per heavy atom. The van der Waals surface area contributed by atoms with Crippen molar-refractivity contribution in [2.75, 3.05) is 16.8 Å². The minimum Gasteiger partial charge on any atom is -0.229 e. The van der Waals surface area contributed by atoms with E-state index in [2.05, 4.69) is 15.9 Å². The Morgan fingerprint density at radius 2 is 1.88 bits per heavy atom. The lowest BCUT2D eigenvalue weighted by Gasteiger charge is -2.23. The van der Waals surface area contributed by atoms with Crippen molar-refractivity contribution in [3.8, 4) is 0 Å². The van der Waals surface area contributed by atoms with Crippen LogP contribution in [0.3, 0.4) is 0 Å². The Balaban J connectivity index is 1.89. The van der Waals surface area contributed by atoms with Gasteiger partial charge in [-0.25, -0.2) is 8.42 Å². The molecule has 2 atom stereocenters. The highest BCUT2D eigenvalue weighted by atomic mass is 79.9. The lowest BCUT2D eigenvalue weighted by Crippen LogP contribution is -2.20. The molecular formula is C12H21BrO2S. The lowest BCUT2D eigenvalue weighted by molar-refractivity contribution is 0.316. The molecule has 1 aliphatic heterocycles. The van der Waals surface area contributed by atoms with E-state index in [4.69, 9.17) is 0 Å². The summed E-state index contributed by atoms with van der Waals surface area (Å²) in [6, 6.07) is 0. The molecule has 4 heteroatoms. The molecule has 1 saturated carbocycles. The van der Waals surface area contributed by atoms with Gasteiger partial charge in [-0.2, -0.15) is 0 Å². The predicted molar refractivity (Wildman–Crippen MR) is 70.6 cm³/mol. The van der Waals surface area contributed by atoms with Gasteiger partial charge in [-0.15, -0.1) is 0 Å². The molecular weight excluding hydrogens is 288 g/mol. The molecule has 1 aliphatic carbocycles. The number of hydrogen-bond donors (Lipinski definition) is 0. The normalized spacial score (nSPS) is 31.9. The molecule has 0 spiro atoms. The first-order valence-corrected chi connectivity index (χ1v) is 9.31. The quantitative estimate of drug-likeness (QED) is 0.748. The van der Waals surface area contributed by atoms with Crippen molar-refractivity contribution in [2.24, 2.45) is 17.8 Å². The Hall–Kier alpha value is 0.430. The van der Waals surface area contributed by atoms with Gasteiger partial charge in [0.1, 0.15) is 0 Å². The van der Waals surface area contributed by atoms with Gasteiger partial charge in [-0.05, 0) is 30.6 Å². The molecule has 0 N–H and O–H groups in total. The SMILES string of the molecule is O=S1(=O)CCC(C(CBr)CC2CCCC2)C1. The molecule has 1 saturated heterocycles. The smallest absolute Gasteiger partial charge is 0.150 e. The fraction of sp³-hybridized carbons (Fsp3) is 1.00. The fourth-order valence-corrected chi connectivity index (χ4v) is 5.96. The molecule has 0 radical (unpaired) electrons. The minimum atomic E-state index is -2.71. The van der Waals surface area contributed by atoms with E-state index in [1.165, 1.54) is 32.1 Å². The van der Waals surface area contributed by atoms with Crippen LogP contribution in [0.15, 0.2) is 0 Å². The maximum absolute atomic E-state index is 11.5. The summed E-state index contributed by atoms with van der Waals surface area (Å²) >= 11 is 3.58. The van der Waals surface area contributed by atoms with Gasteiger partial charge in [0.2, 0.25) is 0 Å². The van der Waals surface area contributed by atoms with Gasteiger partial charge in [0.25, 0.3) is 0 Å². The van der Waals surface area contributed by atoms with Crippen LogP contribution in [0.5, 0.6) is 0 Å². The van der Waals surface area contributed by atoms with E-state index < -0.39 is 9.84 Å². The topological polar surface area (TPSA) is 34.1 Å². The van der Waals surface area contributed by atoms with Crippen LogP contribution in [0.25, 0.3) is 0 Å². The van der Waals surface area contributed by atoms with Crippen LogP contribution >= 0.6 is 15.9 Å². The highest BCUT2D eigenvalue weighted by molar-refractivity contribution is 9.09. The van der Waals surface area contributed by atoms with Crippen molar-refractivity contribution in [1.29, 1.82) is 0 Å². The second-order valence-electron chi connectivity index (χ2n) is 5.46. The van der Waals surface area contributed by atoms with Crippen molar-refractivity contribution < 1.29 is 8.42 Å². The second-order valence-corrected chi connectivity index (χ2v) is 8.34. The first-order chi connectivity index (χ1) is 7.61. The van der Waals surface area contributed by atoms with E-state index in [0.29, 0.717) is 23.3 Å². The summed E-state index contributed by atoms with van der Waals surface area (Å²) < 4.78 is 23.0. The molecule has 1 heterocycles. The van der Waals surface area contributed by atoms with Crippen LogP contribution in [0.4, 0.5) is 0 Å². The third-order valence-electron chi connectivity index (χ3n) is 4.24. The first-order valence-electron chi connectivity index (χ1n) is 6.37. The second kappa shape index (κ2) is 5.38. The van der Waals surface area contributed by atoms with Gasteiger partial charge in [-0.1, -0.05) is 41.6 Å². The number of sulfone groups is 1. The summed E-state index contributed by atoms with van der Waals surface area (Å²) in [5, 5.41) is 0.976. The van der Waals surface area contributed by atoms with Crippen LogP contribution in [0, 0.1) is 17.8 Å². The van der Waals surface area contributed by atoms with Gasteiger partial charge in [0.05, 0.1) is 11.5 Å². The molecule has 2 rings (SSSR count). The number of hydrogen-bond acceptors (Lipinski definition) is 2. The molecule has 0 aromatic rings. The van der Waals surface area contributed by atoms with Crippen molar-refractivity contribution in [3.05, 3.63) is 0 Å². The summed E-state index contributed by atoms with van der Waals surface area (Å²) in [5.74, 6) is 2.73. The van der Waals surface area contributed by atoms with Crippen LogP contribution in [0.1, 0.15) is 38.5 Å². The Bertz CT molecular complexity index is 320. The monoisotopic (exact) mass is 308 g/mol. The average molecular weight is 309 g/mol. The van der Waals surface area contributed by atoms with Crippen LogP contribution in [0.2, 0.25) is 0 Å². The molecule has 2 fully saturated rings. The third-order valence-corrected chi connectivity index (χ3v) is 6.87. The molecule has 2 aliphatic rings. The van der Waals surface area contributed by atoms with E-state index in [0.717, 1.165) is 17.7 Å². The van der Waals surface area contributed by atoms with Crippen molar-refractivity contribution in [1.82, 2.24) is 0 Å². The highest BCUT2D eigenvalue weighted by Crippen LogP contribution is 2.36. The number of alkyl halides is 1. The van der Waals surface area contributed by atoms with E-state index >= 15 is 0 Å². The average Bonchev–Trinajstić information content (AvgIpc) is 2.83. The van der Waals surface area contributed by atoms with Gasteiger partial charge >= 0.3 is 0 Å². The summed E-state index contributed by atoms with van der Waals surface area (Å²) in [4.78, 5) is 0. The van der Waals surface area contributed by atoms with Crippen LogP contribution in [-0.2, 0) is 9.84 Å². The molecule has 2 nitrogen and oxygen atoms in total. The Kier molecular flexibility index (Phi) is 4.33. The third kappa shape index (κ3) is 3.22. The first kappa shape index (κ1) is 12.9. The molecule has 94 valence electrons. The largest absolute Gasteiger partial charge is 0.229 e. The van der Waals surface area contributed by atoms with Gasteiger partial charge < -0.3 is 0 Å². The Morgan fingerprint density at radius 1 is 1.19 bits per heavy atom. The summed E-state index contributed by atoms with van der Waals surface area (Å²) in [6.07, 6.45) is 7.62. The molecule has 0 bridgehead atoms.